The van der Waals surface area contributed by atoms with Gasteiger partial charge in [0.25, 0.3) is 11.8 Å². The average Bonchev–Trinajstić information content (AvgIpc) is 3.59. The molecule has 8 heteroatoms. The Morgan fingerprint density at radius 3 is 2.46 bits per heavy atom. The molecular formula is C29H35ClN4O3. The average molecular weight is 523 g/mol. The van der Waals surface area contributed by atoms with Gasteiger partial charge in [-0.1, -0.05) is 29.8 Å². The molecule has 0 bridgehead atoms. The van der Waals surface area contributed by atoms with Crippen LogP contribution in [0, 0.1) is 0 Å². The van der Waals surface area contributed by atoms with Gasteiger partial charge in [-0.3, -0.25) is 19.3 Å². The molecule has 1 N–H and O–H groups in total. The zero-order valence-corrected chi connectivity index (χ0v) is 22.2. The van der Waals surface area contributed by atoms with Crippen LogP contribution in [0.2, 0.25) is 5.02 Å². The van der Waals surface area contributed by atoms with E-state index in [9.17, 15) is 14.4 Å². The number of nitrogens with zero attached hydrogens (tertiary/aromatic N) is 3. The molecule has 2 heterocycles. The monoisotopic (exact) mass is 522 g/mol. The number of carbonyl (C=O) groups is 3. The highest BCUT2D eigenvalue weighted by Gasteiger charge is 2.30. The quantitative estimate of drug-likeness (QED) is 0.624. The first-order chi connectivity index (χ1) is 17.9. The molecule has 1 aliphatic carbocycles. The largest absolute Gasteiger partial charge is 0.345 e. The first-order valence-electron chi connectivity index (χ1n) is 13.4. The minimum absolute atomic E-state index is 0.00234. The molecule has 3 aliphatic rings. The van der Waals surface area contributed by atoms with Crippen LogP contribution < -0.4 is 5.32 Å². The number of hydrogen-bond acceptors (Lipinski definition) is 4. The number of fused-ring (bicyclic) bond motifs is 1. The number of likely N-dealkylation sites (tertiary alicyclic amines) is 2. The minimum Gasteiger partial charge on any atom is -0.345 e. The van der Waals surface area contributed by atoms with Crippen molar-refractivity contribution in [3.63, 3.8) is 0 Å². The molecule has 2 aliphatic heterocycles. The predicted molar refractivity (Wildman–Crippen MR) is 144 cm³/mol. The number of nitrogens with one attached hydrogen (secondary N) is 1. The van der Waals surface area contributed by atoms with Crippen molar-refractivity contribution >= 4 is 29.3 Å². The van der Waals surface area contributed by atoms with Crippen LogP contribution in [0.25, 0.3) is 0 Å². The zero-order chi connectivity index (χ0) is 25.9. The molecular weight excluding hydrogens is 488 g/mol. The van der Waals surface area contributed by atoms with Gasteiger partial charge in [0.1, 0.15) is 0 Å². The number of hydrogen-bond donors (Lipinski definition) is 1. The van der Waals surface area contributed by atoms with E-state index >= 15 is 0 Å². The number of benzene rings is 2. The standard InChI is InChI=1S/C29H35ClN4O3/c1-32(22-12-16-33(17-13-22)19-27(35)34-14-4-5-15-34)29(37)21-9-8-20-10-11-26(24(20)18-21)31-28(36)23-6-2-3-7-25(23)30/h2-3,6-9,18,22,26H,4-5,10-17,19H2,1H3,(H,31,36)/t26-/m1/s1. The van der Waals surface area contributed by atoms with E-state index < -0.39 is 0 Å². The van der Waals surface area contributed by atoms with Gasteiger partial charge in [0.2, 0.25) is 5.91 Å². The Morgan fingerprint density at radius 1 is 1.00 bits per heavy atom. The summed E-state index contributed by atoms with van der Waals surface area (Å²) in [5.41, 5.74) is 3.28. The molecule has 0 unspecified atom stereocenters. The lowest BCUT2D eigenvalue weighted by atomic mass is 10.00. The van der Waals surface area contributed by atoms with E-state index in [0.717, 1.165) is 70.3 Å². The third-order valence-corrected chi connectivity index (χ3v) is 8.47. The molecule has 2 aromatic rings. The molecule has 3 amide bonds. The van der Waals surface area contributed by atoms with Crippen molar-refractivity contribution in [2.45, 2.75) is 50.6 Å². The Kier molecular flexibility index (Phi) is 7.81. The van der Waals surface area contributed by atoms with Crippen LogP contribution in [0.15, 0.2) is 42.5 Å². The summed E-state index contributed by atoms with van der Waals surface area (Å²) in [7, 11) is 1.88. The molecule has 0 saturated carbocycles. The molecule has 2 saturated heterocycles. The van der Waals surface area contributed by atoms with E-state index in [1.165, 1.54) is 5.56 Å². The smallest absolute Gasteiger partial charge is 0.253 e. The van der Waals surface area contributed by atoms with E-state index in [0.29, 0.717) is 22.7 Å². The number of amides is 3. The van der Waals surface area contributed by atoms with Gasteiger partial charge in [-0.2, -0.15) is 0 Å². The van der Waals surface area contributed by atoms with Crippen LogP contribution in [0.1, 0.15) is 70.0 Å². The molecule has 37 heavy (non-hydrogen) atoms. The highest BCUT2D eigenvalue weighted by Crippen LogP contribution is 2.33. The summed E-state index contributed by atoms with van der Waals surface area (Å²) in [6.45, 7) is 3.90. The molecule has 2 fully saturated rings. The van der Waals surface area contributed by atoms with Crippen LogP contribution in [0.4, 0.5) is 0 Å². The molecule has 0 radical (unpaired) electrons. The van der Waals surface area contributed by atoms with Crippen LogP contribution in [-0.4, -0.2) is 78.2 Å². The van der Waals surface area contributed by atoms with E-state index in [2.05, 4.69) is 10.2 Å². The van der Waals surface area contributed by atoms with Crippen molar-refractivity contribution in [3.8, 4) is 0 Å². The number of carbonyl (C=O) groups excluding carboxylic acids is 3. The lowest BCUT2D eigenvalue weighted by Gasteiger charge is -2.37. The second-order valence-corrected chi connectivity index (χ2v) is 10.9. The summed E-state index contributed by atoms with van der Waals surface area (Å²) in [6.07, 6.45) is 5.60. The molecule has 0 spiro atoms. The topological polar surface area (TPSA) is 73.0 Å². The zero-order valence-electron chi connectivity index (χ0n) is 21.4. The fourth-order valence-electron chi connectivity index (χ4n) is 5.86. The van der Waals surface area contributed by atoms with Crippen LogP contribution in [0.3, 0.4) is 0 Å². The first kappa shape index (κ1) is 25.7. The molecule has 5 rings (SSSR count). The highest BCUT2D eigenvalue weighted by molar-refractivity contribution is 6.33. The van der Waals surface area contributed by atoms with Crippen molar-refractivity contribution < 1.29 is 14.4 Å². The fraction of sp³-hybridized carbons (Fsp3) is 0.483. The Morgan fingerprint density at radius 2 is 1.73 bits per heavy atom. The first-order valence-corrected chi connectivity index (χ1v) is 13.7. The van der Waals surface area contributed by atoms with Gasteiger partial charge >= 0.3 is 0 Å². The Labute approximate surface area is 223 Å². The summed E-state index contributed by atoms with van der Waals surface area (Å²) in [5.74, 6) is 0.0273. The third kappa shape index (κ3) is 5.68. The normalized spacial score (nSPS) is 20.1. The van der Waals surface area contributed by atoms with Gasteiger partial charge in [0, 0.05) is 44.8 Å². The lowest BCUT2D eigenvalue weighted by molar-refractivity contribution is -0.131. The summed E-state index contributed by atoms with van der Waals surface area (Å²) >= 11 is 6.21. The molecule has 196 valence electrons. The second-order valence-electron chi connectivity index (χ2n) is 10.5. The summed E-state index contributed by atoms with van der Waals surface area (Å²) in [4.78, 5) is 44.8. The second kappa shape index (κ2) is 11.2. The van der Waals surface area contributed by atoms with Crippen molar-refractivity contribution in [2.75, 3.05) is 39.8 Å². The lowest BCUT2D eigenvalue weighted by Crippen LogP contribution is -2.48. The maximum atomic E-state index is 13.4. The summed E-state index contributed by atoms with van der Waals surface area (Å²) in [6, 6.07) is 12.9. The Balaban J connectivity index is 1.19. The molecule has 2 aromatic carbocycles. The van der Waals surface area contributed by atoms with Crippen LogP contribution in [-0.2, 0) is 11.2 Å². The fourth-order valence-corrected chi connectivity index (χ4v) is 6.08. The number of halogens is 1. The van der Waals surface area contributed by atoms with E-state index in [-0.39, 0.29) is 29.8 Å². The van der Waals surface area contributed by atoms with Crippen molar-refractivity contribution in [3.05, 3.63) is 69.7 Å². The molecule has 1 atom stereocenters. The maximum absolute atomic E-state index is 13.4. The maximum Gasteiger partial charge on any atom is 0.253 e. The third-order valence-electron chi connectivity index (χ3n) is 8.14. The van der Waals surface area contributed by atoms with E-state index in [1.54, 1.807) is 24.3 Å². The molecule has 7 nitrogen and oxygen atoms in total. The van der Waals surface area contributed by atoms with Gasteiger partial charge in [-0.05, 0) is 73.9 Å². The SMILES string of the molecule is CN(C(=O)c1ccc2c(c1)[C@H](NC(=O)c1ccccc1Cl)CC2)C1CCN(CC(=O)N2CCCC2)CC1. The van der Waals surface area contributed by atoms with Crippen molar-refractivity contribution in [1.82, 2.24) is 20.0 Å². The highest BCUT2D eigenvalue weighted by atomic mass is 35.5. The summed E-state index contributed by atoms with van der Waals surface area (Å²) < 4.78 is 0. The van der Waals surface area contributed by atoms with Gasteiger partial charge in [0.15, 0.2) is 0 Å². The van der Waals surface area contributed by atoms with E-state index in [4.69, 9.17) is 11.6 Å². The van der Waals surface area contributed by atoms with Crippen LogP contribution in [0.5, 0.6) is 0 Å². The van der Waals surface area contributed by atoms with Crippen molar-refractivity contribution in [1.29, 1.82) is 0 Å². The van der Waals surface area contributed by atoms with Gasteiger partial charge in [-0.15, -0.1) is 0 Å². The summed E-state index contributed by atoms with van der Waals surface area (Å²) in [5, 5.41) is 3.53. The molecule has 0 aromatic heterocycles. The Bertz CT molecular complexity index is 1170. The number of rotatable bonds is 6. The van der Waals surface area contributed by atoms with Crippen molar-refractivity contribution in [2.24, 2.45) is 0 Å². The Hall–Kier alpha value is -2.90. The number of aryl methyl sites for hydroxylation is 1. The van der Waals surface area contributed by atoms with Gasteiger partial charge < -0.3 is 15.1 Å². The van der Waals surface area contributed by atoms with E-state index in [1.807, 2.05) is 35.0 Å². The van der Waals surface area contributed by atoms with Gasteiger partial charge in [0.05, 0.1) is 23.2 Å². The number of piperidine rings is 1. The van der Waals surface area contributed by atoms with Gasteiger partial charge in [-0.25, -0.2) is 0 Å². The predicted octanol–water partition coefficient (Wildman–Crippen LogP) is 3.92. The van der Waals surface area contributed by atoms with Crippen LogP contribution >= 0.6 is 11.6 Å². The minimum atomic E-state index is -0.202.